The fourth-order valence-corrected chi connectivity index (χ4v) is 3.75. The Balaban J connectivity index is 1.73. The van der Waals surface area contributed by atoms with Crippen molar-refractivity contribution in [1.82, 2.24) is 10.2 Å². The molecule has 0 aliphatic heterocycles. The second-order valence-corrected chi connectivity index (χ2v) is 7.76. The van der Waals surface area contributed by atoms with E-state index in [4.69, 9.17) is 4.74 Å². The number of anilines is 1. The van der Waals surface area contributed by atoms with E-state index in [1.165, 1.54) is 11.3 Å². The van der Waals surface area contributed by atoms with E-state index in [-0.39, 0.29) is 17.9 Å². The molecule has 156 valence electrons. The largest absolute Gasteiger partial charge is 0.497 e. The standard InChI is InChI=1S/C23H25N3O3S/c1-26(2)21(16-7-6-8-18(13-16)29-3)14-24-23(28)19-9-4-5-10-20(19)25-22(27)17-11-12-30-15-17/h4-13,15,21H,14H2,1-3H3,(H,24,28)(H,25,27). The molecule has 6 nitrogen and oxygen atoms in total. The van der Waals surface area contributed by atoms with Gasteiger partial charge in [-0.3, -0.25) is 9.59 Å². The first-order valence-corrected chi connectivity index (χ1v) is 10.4. The van der Waals surface area contributed by atoms with E-state index in [1.54, 1.807) is 42.8 Å². The second-order valence-electron chi connectivity index (χ2n) is 6.98. The Morgan fingerprint density at radius 1 is 1.07 bits per heavy atom. The lowest BCUT2D eigenvalue weighted by atomic mass is 10.1. The Labute approximate surface area is 180 Å². The van der Waals surface area contributed by atoms with Crippen LogP contribution in [0.15, 0.2) is 65.4 Å². The van der Waals surface area contributed by atoms with Gasteiger partial charge < -0.3 is 20.3 Å². The number of rotatable bonds is 8. The molecule has 1 atom stereocenters. The lowest BCUT2D eigenvalue weighted by Crippen LogP contribution is -2.35. The van der Waals surface area contributed by atoms with Crippen LogP contribution in [0.1, 0.15) is 32.3 Å². The summed E-state index contributed by atoms with van der Waals surface area (Å²) >= 11 is 1.45. The highest BCUT2D eigenvalue weighted by molar-refractivity contribution is 7.08. The van der Waals surface area contributed by atoms with E-state index in [9.17, 15) is 9.59 Å². The molecular formula is C23H25N3O3S. The van der Waals surface area contributed by atoms with Crippen LogP contribution in [0.5, 0.6) is 5.75 Å². The summed E-state index contributed by atoms with van der Waals surface area (Å²) in [5, 5.41) is 9.44. The maximum absolute atomic E-state index is 12.9. The molecule has 2 N–H and O–H groups in total. The van der Waals surface area contributed by atoms with Crippen LogP contribution in [0.3, 0.4) is 0 Å². The average molecular weight is 424 g/mol. The Morgan fingerprint density at radius 3 is 2.57 bits per heavy atom. The number of thiophene rings is 1. The number of benzene rings is 2. The molecule has 3 rings (SSSR count). The van der Waals surface area contributed by atoms with E-state index in [0.717, 1.165) is 11.3 Å². The summed E-state index contributed by atoms with van der Waals surface area (Å²) < 4.78 is 5.32. The molecule has 1 unspecified atom stereocenters. The fourth-order valence-electron chi connectivity index (χ4n) is 3.11. The minimum absolute atomic E-state index is 0.0309. The van der Waals surface area contributed by atoms with Crippen molar-refractivity contribution in [2.24, 2.45) is 0 Å². The van der Waals surface area contributed by atoms with Gasteiger partial charge in [0.25, 0.3) is 11.8 Å². The molecule has 0 spiro atoms. The number of nitrogens with zero attached hydrogens (tertiary/aromatic N) is 1. The van der Waals surface area contributed by atoms with E-state index >= 15 is 0 Å². The van der Waals surface area contributed by atoms with Crippen LogP contribution in [-0.4, -0.2) is 44.5 Å². The summed E-state index contributed by atoms with van der Waals surface area (Å²) in [6.07, 6.45) is 0. The molecule has 3 aromatic rings. The molecule has 30 heavy (non-hydrogen) atoms. The normalized spacial score (nSPS) is 11.7. The number of para-hydroxylation sites is 1. The Morgan fingerprint density at radius 2 is 1.87 bits per heavy atom. The van der Waals surface area contributed by atoms with Gasteiger partial charge in [0.15, 0.2) is 0 Å². The average Bonchev–Trinajstić information content (AvgIpc) is 3.29. The molecule has 1 aromatic heterocycles. The van der Waals surface area contributed by atoms with Crippen LogP contribution in [-0.2, 0) is 0 Å². The minimum atomic E-state index is -0.244. The van der Waals surface area contributed by atoms with Gasteiger partial charge in [-0.15, -0.1) is 0 Å². The summed E-state index contributed by atoms with van der Waals surface area (Å²) in [5.74, 6) is 0.289. The topological polar surface area (TPSA) is 70.7 Å². The summed E-state index contributed by atoms with van der Waals surface area (Å²) in [6, 6.07) is 16.5. The molecular weight excluding hydrogens is 398 g/mol. The van der Waals surface area contributed by atoms with E-state index in [0.29, 0.717) is 23.4 Å². The maximum Gasteiger partial charge on any atom is 0.256 e. The molecule has 0 aliphatic rings. The molecule has 1 heterocycles. The number of nitrogens with one attached hydrogen (secondary N) is 2. The van der Waals surface area contributed by atoms with Crippen molar-refractivity contribution in [3.05, 3.63) is 82.0 Å². The summed E-state index contributed by atoms with van der Waals surface area (Å²) in [4.78, 5) is 27.3. The number of carbonyl (C=O) groups is 2. The zero-order chi connectivity index (χ0) is 21.5. The van der Waals surface area contributed by atoms with Crippen molar-refractivity contribution in [2.75, 3.05) is 33.1 Å². The predicted molar refractivity (Wildman–Crippen MR) is 120 cm³/mol. The summed E-state index contributed by atoms with van der Waals surface area (Å²) in [5.41, 5.74) is 2.51. The van der Waals surface area contributed by atoms with Crippen molar-refractivity contribution in [3.8, 4) is 5.75 Å². The van der Waals surface area contributed by atoms with Gasteiger partial charge in [0.2, 0.25) is 0 Å². The molecule has 0 aliphatic carbocycles. The lowest BCUT2D eigenvalue weighted by molar-refractivity contribution is 0.0943. The minimum Gasteiger partial charge on any atom is -0.497 e. The highest BCUT2D eigenvalue weighted by Gasteiger charge is 2.19. The molecule has 2 aromatic carbocycles. The number of methoxy groups -OCH3 is 1. The lowest BCUT2D eigenvalue weighted by Gasteiger charge is -2.25. The molecule has 0 radical (unpaired) electrons. The number of hydrogen-bond donors (Lipinski definition) is 2. The number of amides is 2. The van der Waals surface area contributed by atoms with Gasteiger partial charge in [-0.2, -0.15) is 11.3 Å². The number of ether oxygens (including phenoxy) is 1. The monoisotopic (exact) mass is 423 g/mol. The predicted octanol–water partition coefficient (Wildman–Crippen LogP) is 4.04. The van der Waals surface area contributed by atoms with Gasteiger partial charge >= 0.3 is 0 Å². The quantitative estimate of drug-likeness (QED) is 0.574. The van der Waals surface area contributed by atoms with Crippen LogP contribution in [0.2, 0.25) is 0 Å². The van der Waals surface area contributed by atoms with Gasteiger partial charge in [-0.25, -0.2) is 0 Å². The maximum atomic E-state index is 12.9. The van der Waals surface area contributed by atoms with Crippen LogP contribution >= 0.6 is 11.3 Å². The zero-order valence-corrected chi connectivity index (χ0v) is 18.0. The van der Waals surface area contributed by atoms with Crippen molar-refractivity contribution in [1.29, 1.82) is 0 Å². The molecule has 0 fully saturated rings. The van der Waals surface area contributed by atoms with E-state index in [1.807, 2.05) is 48.6 Å². The first kappa shape index (κ1) is 21.5. The van der Waals surface area contributed by atoms with Crippen molar-refractivity contribution < 1.29 is 14.3 Å². The fraction of sp³-hybridized carbons (Fsp3) is 0.217. The molecule has 0 saturated heterocycles. The SMILES string of the molecule is COc1cccc(C(CNC(=O)c2ccccc2NC(=O)c2ccsc2)N(C)C)c1. The van der Waals surface area contributed by atoms with Crippen LogP contribution < -0.4 is 15.4 Å². The number of hydrogen-bond acceptors (Lipinski definition) is 5. The van der Waals surface area contributed by atoms with Crippen LogP contribution in [0.4, 0.5) is 5.69 Å². The van der Waals surface area contributed by atoms with Crippen LogP contribution in [0, 0.1) is 0 Å². The number of likely N-dealkylation sites (N-methyl/N-ethyl adjacent to an activating group) is 1. The first-order valence-electron chi connectivity index (χ1n) is 9.50. The highest BCUT2D eigenvalue weighted by atomic mass is 32.1. The Bertz CT molecular complexity index is 1000. The third-order valence-corrected chi connectivity index (χ3v) is 5.44. The van der Waals surface area contributed by atoms with Gasteiger partial charge in [-0.1, -0.05) is 24.3 Å². The number of carbonyl (C=O) groups excluding carboxylic acids is 2. The van der Waals surface area contributed by atoms with Gasteiger partial charge in [0.05, 0.1) is 30.0 Å². The van der Waals surface area contributed by atoms with Gasteiger partial charge in [0.1, 0.15) is 5.75 Å². The summed E-state index contributed by atoms with van der Waals surface area (Å²) in [6.45, 7) is 0.409. The highest BCUT2D eigenvalue weighted by Crippen LogP contribution is 2.23. The molecule has 0 bridgehead atoms. The third kappa shape index (κ3) is 5.25. The van der Waals surface area contributed by atoms with E-state index in [2.05, 4.69) is 10.6 Å². The Hall–Kier alpha value is -3.16. The smallest absolute Gasteiger partial charge is 0.256 e. The van der Waals surface area contributed by atoms with Gasteiger partial charge in [0, 0.05) is 11.9 Å². The second kappa shape index (κ2) is 10.0. The molecule has 2 amide bonds. The van der Waals surface area contributed by atoms with E-state index < -0.39 is 0 Å². The summed E-state index contributed by atoms with van der Waals surface area (Å²) in [7, 11) is 5.56. The first-order chi connectivity index (χ1) is 14.5. The van der Waals surface area contributed by atoms with Crippen LogP contribution in [0.25, 0.3) is 0 Å². The van der Waals surface area contributed by atoms with Crippen molar-refractivity contribution >= 4 is 28.8 Å². The third-order valence-electron chi connectivity index (χ3n) is 4.76. The van der Waals surface area contributed by atoms with Gasteiger partial charge in [-0.05, 0) is 55.4 Å². The van der Waals surface area contributed by atoms with Crippen molar-refractivity contribution in [2.45, 2.75) is 6.04 Å². The molecule has 7 heteroatoms. The molecule has 0 saturated carbocycles. The zero-order valence-electron chi connectivity index (χ0n) is 17.2. The Kier molecular flexibility index (Phi) is 7.21. The van der Waals surface area contributed by atoms with Crippen molar-refractivity contribution in [3.63, 3.8) is 0 Å².